The van der Waals surface area contributed by atoms with Crippen LogP contribution in [0.15, 0.2) is 72.8 Å². The number of fused-ring (bicyclic) bond motifs is 3. The lowest BCUT2D eigenvalue weighted by atomic mass is 9.92. The van der Waals surface area contributed by atoms with Crippen LogP contribution in [0, 0.1) is 0 Å². The summed E-state index contributed by atoms with van der Waals surface area (Å²) in [4.78, 5) is 0. The smallest absolute Gasteiger partial charge is 0.00201 e. The molecule has 0 heterocycles. The van der Waals surface area contributed by atoms with Crippen molar-refractivity contribution >= 4 is 16.3 Å². The molecule has 2 aliphatic carbocycles. The van der Waals surface area contributed by atoms with Crippen molar-refractivity contribution < 1.29 is 0 Å². The van der Waals surface area contributed by atoms with E-state index in [1.165, 1.54) is 44.2 Å². The van der Waals surface area contributed by atoms with Gasteiger partial charge in [-0.3, -0.25) is 0 Å². The van der Waals surface area contributed by atoms with Gasteiger partial charge in [-0.2, -0.15) is 0 Å². The minimum atomic E-state index is 1.15. The number of benzene rings is 3. The predicted molar refractivity (Wildman–Crippen MR) is 94.7 cm³/mol. The summed E-state index contributed by atoms with van der Waals surface area (Å²) < 4.78 is 0. The maximum atomic E-state index is 2.37. The van der Waals surface area contributed by atoms with Gasteiger partial charge in [0.15, 0.2) is 0 Å². The monoisotopic (exact) mass is 280 g/mol. The van der Waals surface area contributed by atoms with Crippen molar-refractivity contribution in [3.8, 4) is 22.3 Å². The largest absolute Gasteiger partial charge is 0.0836 e. The highest BCUT2D eigenvalue weighted by molar-refractivity contribution is 6.17. The van der Waals surface area contributed by atoms with Crippen LogP contribution < -0.4 is 0 Å². The third-order valence-corrected chi connectivity index (χ3v) is 4.85. The van der Waals surface area contributed by atoms with E-state index in [9.17, 15) is 0 Å². The fraction of sp³-hybridized carbons (Fsp3) is 0.0909. The maximum Gasteiger partial charge on any atom is -0.00201 e. The van der Waals surface area contributed by atoms with E-state index >= 15 is 0 Å². The molecule has 0 aromatic heterocycles. The molecule has 0 saturated carbocycles. The Balaban J connectivity index is 1.87. The number of hydrogen-bond acceptors (Lipinski definition) is 0. The Morgan fingerprint density at radius 3 is 2.09 bits per heavy atom. The normalized spacial score (nSPS) is 15.0. The van der Waals surface area contributed by atoms with E-state index in [0.29, 0.717) is 0 Å². The molecule has 0 heteroatoms. The Morgan fingerprint density at radius 1 is 0.591 bits per heavy atom. The first-order chi connectivity index (χ1) is 10.9. The molecule has 2 aliphatic rings. The summed E-state index contributed by atoms with van der Waals surface area (Å²) in [5.74, 6) is 0. The molecule has 0 saturated heterocycles. The first-order valence-electron chi connectivity index (χ1n) is 7.96. The third-order valence-electron chi connectivity index (χ3n) is 4.85. The highest BCUT2D eigenvalue weighted by atomic mass is 14.2. The zero-order valence-corrected chi connectivity index (χ0v) is 12.3. The fourth-order valence-electron chi connectivity index (χ4n) is 3.87. The van der Waals surface area contributed by atoms with Gasteiger partial charge in [-0.05, 0) is 57.0 Å². The Bertz CT molecular complexity index is 941. The lowest BCUT2D eigenvalue weighted by molar-refractivity contribution is 1.04. The standard InChI is InChI=1S/C22H16/c1-2-7-15(8-3-1)16-13-14-21-18-10-5-4-9-17(18)20-12-6-11-19(16)22(20)21/h2,4-14H,1,3H2. The predicted octanol–water partition coefficient (Wildman–Crippen LogP) is 6.22. The summed E-state index contributed by atoms with van der Waals surface area (Å²) in [5, 5.41) is 2.80. The third kappa shape index (κ3) is 1.52. The van der Waals surface area contributed by atoms with Crippen LogP contribution in [0.3, 0.4) is 0 Å². The Labute approximate surface area is 130 Å². The van der Waals surface area contributed by atoms with Crippen molar-refractivity contribution in [2.24, 2.45) is 0 Å². The van der Waals surface area contributed by atoms with Crippen LogP contribution in [0.5, 0.6) is 0 Å². The molecule has 0 atom stereocenters. The van der Waals surface area contributed by atoms with E-state index in [1.54, 1.807) is 0 Å². The second-order valence-electron chi connectivity index (χ2n) is 6.07. The topological polar surface area (TPSA) is 0 Å². The highest BCUT2D eigenvalue weighted by Crippen LogP contribution is 2.48. The van der Waals surface area contributed by atoms with Crippen LogP contribution in [0.4, 0.5) is 0 Å². The Kier molecular flexibility index (Phi) is 2.42. The number of allylic oxidation sites excluding steroid dienone is 4. The molecule has 3 aromatic rings. The summed E-state index contributed by atoms with van der Waals surface area (Å²) in [5.41, 5.74) is 8.23. The first-order valence-corrected chi connectivity index (χ1v) is 7.96. The van der Waals surface area contributed by atoms with Crippen LogP contribution in [-0.4, -0.2) is 0 Å². The lowest BCUT2D eigenvalue weighted by Crippen LogP contribution is -1.89. The average molecular weight is 280 g/mol. The number of hydrogen-bond donors (Lipinski definition) is 0. The molecule has 0 N–H and O–H groups in total. The molecule has 3 aromatic carbocycles. The van der Waals surface area contributed by atoms with E-state index in [2.05, 4.69) is 72.8 Å². The second-order valence-corrected chi connectivity index (χ2v) is 6.07. The minimum absolute atomic E-state index is 1.15. The van der Waals surface area contributed by atoms with Crippen molar-refractivity contribution in [2.45, 2.75) is 12.8 Å². The molecule has 0 amide bonds. The van der Waals surface area contributed by atoms with Crippen LogP contribution in [0.2, 0.25) is 0 Å². The minimum Gasteiger partial charge on any atom is -0.0836 e. The van der Waals surface area contributed by atoms with Gasteiger partial charge in [0.2, 0.25) is 0 Å². The quantitative estimate of drug-likeness (QED) is 0.388. The van der Waals surface area contributed by atoms with E-state index < -0.39 is 0 Å². The maximum absolute atomic E-state index is 2.37. The SMILES string of the molecule is C1=CC(c2ccc3c4c(cccc24)-c2ccccc2-3)=CCC1. The molecule has 104 valence electrons. The molecule has 0 unspecified atom stereocenters. The summed E-state index contributed by atoms with van der Waals surface area (Å²) in [7, 11) is 0. The molecule has 0 nitrogen and oxygen atoms in total. The van der Waals surface area contributed by atoms with Gasteiger partial charge in [0.1, 0.15) is 0 Å². The summed E-state index contributed by atoms with van der Waals surface area (Å²) in [6.45, 7) is 0. The molecular formula is C22H16. The molecule has 0 aliphatic heterocycles. The van der Waals surface area contributed by atoms with Gasteiger partial charge in [-0.15, -0.1) is 0 Å². The van der Waals surface area contributed by atoms with Crippen molar-refractivity contribution in [1.29, 1.82) is 0 Å². The van der Waals surface area contributed by atoms with Gasteiger partial charge >= 0.3 is 0 Å². The molecule has 5 rings (SSSR count). The van der Waals surface area contributed by atoms with E-state index in [4.69, 9.17) is 0 Å². The lowest BCUT2D eigenvalue weighted by Gasteiger charge is -2.12. The van der Waals surface area contributed by atoms with Gasteiger partial charge in [-0.1, -0.05) is 72.8 Å². The second kappa shape index (κ2) is 4.45. The average Bonchev–Trinajstić information content (AvgIpc) is 2.93. The van der Waals surface area contributed by atoms with Crippen molar-refractivity contribution in [3.05, 3.63) is 78.4 Å². The van der Waals surface area contributed by atoms with Gasteiger partial charge in [0.05, 0.1) is 0 Å². The van der Waals surface area contributed by atoms with E-state index in [0.717, 1.165) is 12.8 Å². The van der Waals surface area contributed by atoms with Gasteiger partial charge < -0.3 is 0 Å². The van der Waals surface area contributed by atoms with Gasteiger partial charge in [-0.25, -0.2) is 0 Å². The van der Waals surface area contributed by atoms with Gasteiger partial charge in [0, 0.05) is 0 Å². The summed E-state index contributed by atoms with van der Waals surface area (Å²) in [6, 6.07) is 20.1. The van der Waals surface area contributed by atoms with Crippen molar-refractivity contribution in [1.82, 2.24) is 0 Å². The Hall–Kier alpha value is -2.60. The highest BCUT2D eigenvalue weighted by Gasteiger charge is 2.22. The zero-order chi connectivity index (χ0) is 14.5. The molecule has 22 heavy (non-hydrogen) atoms. The Morgan fingerprint density at radius 2 is 1.32 bits per heavy atom. The number of rotatable bonds is 1. The molecule has 0 spiro atoms. The van der Waals surface area contributed by atoms with Crippen molar-refractivity contribution in [2.75, 3.05) is 0 Å². The fourth-order valence-corrected chi connectivity index (χ4v) is 3.87. The van der Waals surface area contributed by atoms with Crippen LogP contribution >= 0.6 is 0 Å². The van der Waals surface area contributed by atoms with Crippen molar-refractivity contribution in [3.63, 3.8) is 0 Å². The van der Waals surface area contributed by atoms with E-state index in [1.807, 2.05) is 0 Å². The van der Waals surface area contributed by atoms with Crippen LogP contribution in [0.25, 0.3) is 38.6 Å². The van der Waals surface area contributed by atoms with E-state index in [-0.39, 0.29) is 0 Å². The summed E-state index contributed by atoms with van der Waals surface area (Å²) >= 11 is 0. The zero-order valence-electron chi connectivity index (χ0n) is 12.3. The molecule has 0 fully saturated rings. The van der Waals surface area contributed by atoms with Crippen LogP contribution in [0.1, 0.15) is 18.4 Å². The summed E-state index contributed by atoms with van der Waals surface area (Å²) in [6.07, 6.45) is 9.24. The molecule has 0 radical (unpaired) electrons. The van der Waals surface area contributed by atoms with Crippen LogP contribution in [-0.2, 0) is 0 Å². The first kappa shape index (κ1) is 12.0. The molecular weight excluding hydrogens is 264 g/mol. The van der Waals surface area contributed by atoms with Gasteiger partial charge in [0.25, 0.3) is 0 Å². The molecule has 0 bridgehead atoms.